The first-order chi connectivity index (χ1) is 6.24. The van der Waals surface area contributed by atoms with Crippen molar-refractivity contribution in [3.8, 4) is 5.75 Å². The van der Waals surface area contributed by atoms with E-state index in [2.05, 4.69) is 4.98 Å². The molecule has 13 heavy (non-hydrogen) atoms. The Morgan fingerprint density at radius 1 is 1.46 bits per heavy atom. The molecule has 1 aromatic carbocycles. The van der Waals surface area contributed by atoms with Gasteiger partial charge in [-0.2, -0.15) is 0 Å². The molecule has 0 aliphatic heterocycles. The average molecular weight is 178 g/mol. The predicted molar refractivity (Wildman–Crippen MR) is 50.8 cm³/mol. The van der Waals surface area contributed by atoms with Crippen molar-refractivity contribution in [2.24, 2.45) is 0 Å². The van der Waals surface area contributed by atoms with Gasteiger partial charge in [-0.3, -0.25) is 0 Å². The summed E-state index contributed by atoms with van der Waals surface area (Å²) >= 11 is 0. The fourth-order valence-corrected chi connectivity index (χ4v) is 1.30. The van der Waals surface area contributed by atoms with Crippen LogP contribution in [0.5, 0.6) is 5.75 Å². The number of nitrogens with zero attached hydrogens (tertiary/aromatic N) is 2. The van der Waals surface area contributed by atoms with Crippen LogP contribution in [-0.2, 0) is 0 Å². The van der Waals surface area contributed by atoms with Crippen molar-refractivity contribution in [1.82, 2.24) is 9.66 Å². The Hall–Kier alpha value is -1.91. The molecule has 0 atom stereocenters. The third-order valence-electron chi connectivity index (χ3n) is 1.92. The predicted octanol–water partition coefficient (Wildman–Crippen LogP) is 0.341. The molecule has 1 heterocycles. The molecule has 0 saturated heterocycles. The Bertz CT molecular complexity index is 449. The van der Waals surface area contributed by atoms with Crippen molar-refractivity contribution < 1.29 is 4.74 Å². The van der Waals surface area contributed by atoms with E-state index in [4.69, 9.17) is 16.3 Å². The van der Waals surface area contributed by atoms with Gasteiger partial charge >= 0.3 is 0 Å². The van der Waals surface area contributed by atoms with Gasteiger partial charge < -0.3 is 16.3 Å². The number of benzene rings is 1. The minimum Gasteiger partial charge on any atom is -0.494 e. The van der Waals surface area contributed by atoms with Gasteiger partial charge in [0, 0.05) is 0 Å². The smallest absolute Gasteiger partial charge is 0.220 e. The second-order valence-corrected chi connectivity index (χ2v) is 2.67. The number of rotatable bonds is 1. The maximum atomic E-state index is 5.66. The summed E-state index contributed by atoms with van der Waals surface area (Å²) in [6.07, 6.45) is 0. The first-order valence-corrected chi connectivity index (χ1v) is 3.80. The van der Waals surface area contributed by atoms with E-state index in [0.29, 0.717) is 11.3 Å². The normalized spacial score (nSPS) is 10.5. The number of aromatic nitrogens is 2. The van der Waals surface area contributed by atoms with Crippen molar-refractivity contribution in [3.05, 3.63) is 18.2 Å². The molecule has 68 valence electrons. The largest absolute Gasteiger partial charge is 0.494 e. The van der Waals surface area contributed by atoms with Gasteiger partial charge in [-0.25, -0.2) is 9.66 Å². The first-order valence-electron chi connectivity index (χ1n) is 3.80. The van der Waals surface area contributed by atoms with Crippen LogP contribution >= 0.6 is 0 Å². The maximum Gasteiger partial charge on any atom is 0.220 e. The summed E-state index contributed by atoms with van der Waals surface area (Å²) in [5.41, 5.74) is 6.99. The molecule has 0 aliphatic rings. The van der Waals surface area contributed by atoms with Gasteiger partial charge in [-0.15, -0.1) is 0 Å². The van der Waals surface area contributed by atoms with Gasteiger partial charge in [0.2, 0.25) is 5.95 Å². The van der Waals surface area contributed by atoms with E-state index >= 15 is 0 Å². The number of anilines is 1. The summed E-state index contributed by atoms with van der Waals surface area (Å²) in [6, 6.07) is 5.48. The topological polar surface area (TPSA) is 79.1 Å². The Labute approximate surface area is 74.9 Å². The molecule has 2 aromatic rings. The average Bonchev–Trinajstić information content (AvgIpc) is 2.43. The molecule has 1 aromatic heterocycles. The van der Waals surface area contributed by atoms with Crippen LogP contribution < -0.4 is 16.3 Å². The molecular weight excluding hydrogens is 168 g/mol. The lowest BCUT2D eigenvalue weighted by Gasteiger charge is -2.02. The highest BCUT2D eigenvalue weighted by molar-refractivity contribution is 5.84. The van der Waals surface area contributed by atoms with E-state index in [-0.39, 0.29) is 5.95 Å². The molecule has 2 rings (SSSR count). The van der Waals surface area contributed by atoms with Crippen molar-refractivity contribution in [3.63, 3.8) is 0 Å². The minimum atomic E-state index is 0.277. The van der Waals surface area contributed by atoms with Gasteiger partial charge in [0.1, 0.15) is 11.3 Å². The first kappa shape index (κ1) is 7.72. The lowest BCUT2D eigenvalue weighted by atomic mass is 10.3. The third-order valence-corrected chi connectivity index (χ3v) is 1.92. The van der Waals surface area contributed by atoms with Crippen LogP contribution in [0.1, 0.15) is 0 Å². The zero-order valence-electron chi connectivity index (χ0n) is 7.19. The molecule has 5 heteroatoms. The summed E-state index contributed by atoms with van der Waals surface area (Å²) in [4.78, 5) is 4.06. The molecule has 0 aliphatic carbocycles. The van der Waals surface area contributed by atoms with Crippen LogP contribution in [0.4, 0.5) is 5.95 Å². The van der Waals surface area contributed by atoms with Gasteiger partial charge in [0.25, 0.3) is 0 Å². The van der Waals surface area contributed by atoms with Gasteiger partial charge in [0.15, 0.2) is 0 Å². The molecule has 0 spiro atoms. The number of nitrogens with two attached hydrogens (primary N) is 2. The van der Waals surface area contributed by atoms with E-state index in [9.17, 15) is 0 Å². The van der Waals surface area contributed by atoms with Crippen molar-refractivity contribution in [1.29, 1.82) is 0 Å². The highest BCUT2D eigenvalue weighted by Gasteiger charge is 2.09. The molecule has 0 bridgehead atoms. The molecular formula is C8H10N4O. The summed E-state index contributed by atoms with van der Waals surface area (Å²) in [6.45, 7) is 0. The third kappa shape index (κ3) is 0.970. The zero-order valence-corrected chi connectivity index (χ0v) is 7.19. The summed E-state index contributed by atoms with van der Waals surface area (Å²) in [5.74, 6) is 6.61. The molecule has 5 nitrogen and oxygen atoms in total. The summed E-state index contributed by atoms with van der Waals surface area (Å²) in [5, 5.41) is 0. The summed E-state index contributed by atoms with van der Waals surface area (Å²) < 4.78 is 6.44. The molecule has 0 radical (unpaired) electrons. The minimum absolute atomic E-state index is 0.277. The fraction of sp³-hybridized carbons (Fsp3) is 0.125. The molecule has 4 N–H and O–H groups in total. The molecule has 0 unspecified atom stereocenters. The second kappa shape index (κ2) is 2.55. The Morgan fingerprint density at radius 3 is 2.92 bits per heavy atom. The number of para-hydroxylation sites is 1. The van der Waals surface area contributed by atoms with Crippen LogP contribution in [0.3, 0.4) is 0 Å². The number of hydrogen-bond acceptors (Lipinski definition) is 4. The monoisotopic (exact) mass is 178 g/mol. The lowest BCUT2D eigenvalue weighted by Crippen LogP contribution is -2.11. The zero-order chi connectivity index (χ0) is 9.42. The Kier molecular flexibility index (Phi) is 1.51. The van der Waals surface area contributed by atoms with E-state index in [1.54, 1.807) is 7.11 Å². The van der Waals surface area contributed by atoms with Crippen LogP contribution in [0.25, 0.3) is 11.0 Å². The number of imidazole rings is 1. The van der Waals surface area contributed by atoms with Crippen molar-refractivity contribution in [2.45, 2.75) is 0 Å². The summed E-state index contributed by atoms with van der Waals surface area (Å²) in [7, 11) is 1.58. The van der Waals surface area contributed by atoms with Crippen LogP contribution in [-0.4, -0.2) is 16.8 Å². The molecule has 0 saturated carbocycles. The highest BCUT2D eigenvalue weighted by Crippen LogP contribution is 2.25. The number of nitrogen functional groups attached to an aromatic ring is 2. The van der Waals surface area contributed by atoms with Crippen molar-refractivity contribution in [2.75, 3.05) is 18.7 Å². The number of fused-ring (bicyclic) bond motifs is 1. The van der Waals surface area contributed by atoms with Gasteiger partial charge in [-0.05, 0) is 12.1 Å². The van der Waals surface area contributed by atoms with Crippen LogP contribution in [0.15, 0.2) is 18.2 Å². The second-order valence-electron chi connectivity index (χ2n) is 2.67. The van der Waals surface area contributed by atoms with Gasteiger partial charge in [-0.1, -0.05) is 6.07 Å². The SMILES string of the molecule is COc1cccc2nc(N)n(N)c12. The van der Waals surface area contributed by atoms with Crippen LogP contribution in [0, 0.1) is 0 Å². The Morgan fingerprint density at radius 2 is 2.23 bits per heavy atom. The molecule has 0 amide bonds. The highest BCUT2D eigenvalue weighted by atomic mass is 16.5. The maximum absolute atomic E-state index is 5.66. The van der Waals surface area contributed by atoms with Crippen LogP contribution in [0.2, 0.25) is 0 Å². The van der Waals surface area contributed by atoms with E-state index in [1.165, 1.54) is 4.68 Å². The lowest BCUT2D eigenvalue weighted by molar-refractivity contribution is 0.418. The van der Waals surface area contributed by atoms with E-state index in [1.807, 2.05) is 18.2 Å². The molecule has 0 fully saturated rings. The van der Waals surface area contributed by atoms with Crippen molar-refractivity contribution >= 4 is 17.0 Å². The number of hydrogen-bond donors (Lipinski definition) is 2. The number of methoxy groups -OCH3 is 1. The fourth-order valence-electron chi connectivity index (χ4n) is 1.30. The van der Waals surface area contributed by atoms with E-state index < -0.39 is 0 Å². The Balaban J connectivity index is 2.87. The van der Waals surface area contributed by atoms with Gasteiger partial charge in [0.05, 0.1) is 12.6 Å². The van der Waals surface area contributed by atoms with E-state index in [0.717, 1.165) is 5.52 Å². The standard InChI is InChI=1S/C8H10N4O/c1-13-6-4-2-3-5-7(6)12(10)8(9)11-5/h2-4H,10H2,1H3,(H2,9,11). The number of ether oxygens (including phenoxy) is 1. The quantitative estimate of drug-likeness (QED) is 0.617.